The van der Waals surface area contributed by atoms with Gasteiger partial charge in [-0.15, -0.1) is 0 Å². The van der Waals surface area contributed by atoms with Gasteiger partial charge in [0.25, 0.3) is 0 Å². The van der Waals surface area contributed by atoms with Crippen LogP contribution in [0.15, 0.2) is 36.4 Å². The van der Waals surface area contributed by atoms with Crippen molar-refractivity contribution in [1.29, 1.82) is 0 Å². The van der Waals surface area contributed by atoms with Crippen molar-refractivity contribution in [2.75, 3.05) is 20.3 Å². The molecule has 0 saturated carbocycles. The van der Waals surface area contributed by atoms with Gasteiger partial charge in [0.05, 0.1) is 7.11 Å². The zero-order chi connectivity index (χ0) is 14.2. The smallest absolute Gasteiger partial charge is 0.123 e. The first-order valence-corrected chi connectivity index (χ1v) is 7.11. The summed E-state index contributed by atoms with van der Waals surface area (Å²) < 4.78 is 10.7. The Labute approximate surface area is 120 Å². The number of benzene rings is 1. The fraction of sp³-hybridized carbons (Fsp3) is 0.500. The molecule has 0 radical (unpaired) electrons. The molecule has 2 atom stereocenters. The van der Waals surface area contributed by atoms with Crippen molar-refractivity contribution in [3.63, 3.8) is 0 Å². The van der Waals surface area contributed by atoms with Crippen LogP contribution in [-0.2, 0) is 0 Å². The van der Waals surface area contributed by atoms with E-state index in [9.17, 15) is 5.11 Å². The van der Waals surface area contributed by atoms with E-state index in [2.05, 4.69) is 17.5 Å². The average Bonchev–Trinajstić information content (AvgIpc) is 2.52. The highest BCUT2D eigenvalue weighted by Gasteiger charge is 2.12. The third kappa shape index (κ3) is 4.87. The van der Waals surface area contributed by atoms with Crippen LogP contribution in [0.2, 0.25) is 0 Å². The molecule has 110 valence electrons. The van der Waals surface area contributed by atoms with Crippen LogP contribution in [0.25, 0.3) is 0 Å². The largest absolute Gasteiger partial charge is 0.497 e. The van der Waals surface area contributed by atoms with E-state index in [1.165, 1.54) is 0 Å². The van der Waals surface area contributed by atoms with Gasteiger partial charge in [-0.3, -0.25) is 0 Å². The summed E-state index contributed by atoms with van der Waals surface area (Å²) in [6, 6.07) is 7.88. The maximum Gasteiger partial charge on any atom is 0.123 e. The number of rotatable bonds is 7. The van der Waals surface area contributed by atoms with E-state index in [1.54, 1.807) is 7.11 Å². The molecular formula is C16H23NO3. The maximum absolute atomic E-state index is 9.93. The van der Waals surface area contributed by atoms with Crippen LogP contribution in [0, 0.1) is 0 Å². The average molecular weight is 277 g/mol. The number of aliphatic hydroxyl groups is 1. The van der Waals surface area contributed by atoms with Crippen molar-refractivity contribution in [3.05, 3.63) is 36.4 Å². The minimum Gasteiger partial charge on any atom is -0.497 e. The molecule has 2 rings (SSSR count). The summed E-state index contributed by atoms with van der Waals surface area (Å²) in [6.45, 7) is 0.838. The second-order valence-electron chi connectivity index (χ2n) is 5.03. The lowest BCUT2D eigenvalue weighted by atomic mass is 10.0. The van der Waals surface area contributed by atoms with Crippen LogP contribution < -0.4 is 14.8 Å². The van der Waals surface area contributed by atoms with Crippen molar-refractivity contribution >= 4 is 0 Å². The Kier molecular flexibility index (Phi) is 5.89. The quantitative estimate of drug-likeness (QED) is 0.750. The first-order valence-electron chi connectivity index (χ1n) is 7.11. The lowest BCUT2D eigenvalue weighted by Crippen LogP contribution is -2.38. The standard InChI is InChI=1S/C16H23NO3/c1-19-15-8-5-9-16(10-15)20-12-14(18)11-17-13-6-3-2-4-7-13/h2-3,5,8-10,13-14,17-18H,4,6-7,11-12H2,1H3. The molecule has 4 heteroatoms. The molecule has 2 unspecified atom stereocenters. The van der Waals surface area contributed by atoms with E-state index in [-0.39, 0.29) is 6.61 Å². The van der Waals surface area contributed by atoms with Gasteiger partial charge >= 0.3 is 0 Å². The second kappa shape index (κ2) is 7.92. The summed E-state index contributed by atoms with van der Waals surface area (Å²) in [6.07, 6.45) is 7.20. The van der Waals surface area contributed by atoms with Gasteiger partial charge in [0.1, 0.15) is 24.2 Å². The van der Waals surface area contributed by atoms with Crippen LogP contribution in [0.1, 0.15) is 19.3 Å². The monoisotopic (exact) mass is 277 g/mol. The number of ether oxygens (including phenoxy) is 2. The molecule has 0 aliphatic heterocycles. The Balaban J connectivity index is 1.68. The molecule has 0 amide bonds. The van der Waals surface area contributed by atoms with Gasteiger partial charge in [0.2, 0.25) is 0 Å². The lowest BCUT2D eigenvalue weighted by molar-refractivity contribution is 0.103. The summed E-state index contributed by atoms with van der Waals surface area (Å²) in [5.74, 6) is 1.47. The summed E-state index contributed by atoms with van der Waals surface area (Å²) in [4.78, 5) is 0. The Morgan fingerprint density at radius 2 is 2.20 bits per heavy atom. The zero-order valence-electron chi connectivity index (χ0n) is 11.9. The highest BCUT2D eigenvalue weighted by Crippen LogP contribution is 2.18. The van der Waals surface area contributed by atoms with E-state index >= 15 is 0 Å². The Hall–Kier alpha value is -1.52. The number of nitrogens with one attached hydrogen (secondary N) is 1. The Morgan fingerprint density at radius 3 is 2.95 bits per heavy atom. The first-order chi connectivity index (χ1) is 9.78. The SMILES string of the molecule is COc1cccc(OCC(O)CNC2CC=CCC2)c1. The summed E-state index contributed by atoms with van der Waals surface area (Å²) in [7, 11) is 1.62. The predicted octanol–water partition coefficient (Wildman–Crippen LogP) is 2.13. The third-order valence-electron chi connectivity index (χ3n) is 3.39. The van der Waals surface area contributed by atoms with Gasteiger partial charge in [-0.2, -0.15) is 0 Å². The number of methoxy groups -OCH3 is 1. The molecule has 1 aliphatic carbocycles. The molecule has 1 aromatic carbocycles. The fourth-order valence-electron chi connectivity index (χ4n) is 2.22. The summed E-state index contributed by atoms with van der Waals surface area (Å²) in [5, 5.41) is 13.3. The molecule has 1 aliphatic rings. The van der Waals surface area contributed by atoms with Crippen molar-refractivity contribution in [1.82, 2.24) is 5.32 Å². The number of hydrogen-bond donors (Lipinski definition) is 2. The number of aliphatic hydroxyl groups excluding tert-OH is 1. The zero-order valence-corrected chi connectivity index (χ0v) is 11.9. The third-order valence-corrected chi connectivity index (χ3v) is 3.39. The minimum atomic E-state index is -0.507. The van der Waals surface area contributed by atoms with E-state index in [4.69, 9.17) is 9.47 Å². The van der Waals surface area contributed by atoms with Gasteiger partial charge in [0, 0.05) is 18.7 Å². The molecule has 0 spiro atoms. The van der Waals surface area contributed by atoms with Crippen molar-refractivity contribution in [2.45, 2.75) is 31.4 Å². The molecule has 1 aromatic rings. The fourth-order valence-corrected chi connectivity index (χ4v) is 2.22. The van der Waals surface area contributed by atoms with E-state index in [0.717, 1.165) is 25.0 Å². The van der Waals surface area contributed by atoms with Crippen LogP contribution >= 0.6 is 0 Å². The van der Waals surface area contributed by atoms with Gasteiger partial charge in [-0.25, -0.2) is 0 Å². The van der Waals surface area contributed by atoms with Gasteiger partial charge in [-0.05, 0) is 31.4 Å². The topological polar surface area (TPSA) is 50.7 Å². The van der Waals surface area contributed by atoms with E-state index in [1.807, 2.05) is 24.3 Å². The summed E-state index contributed by atoms with van der Waals surface area (Å²) >= 11 is 0. The highest BCUT2D eigenvalue weighted by atomic mass is 16.5. The molecule has 0 bridgehead atoms. The molecule has 4 nitrogen and oxygen atoms in total. The van der Waals surface area contributed by atoms with E-state index < -0.39 is 6.10 Å². The molecule has 2 N–H and O–H groups in total. The highest BCUT2D eigenvalue weighted by molar-refractivity contribution is 5.32. The lowest BCUT2D eigenvalue weighted by Gasteiger charge is -2.21. The van der Waals surface area contributed by atoms with E-state index in [0.29, 0.717) is 18.3 Å². The van der Waals surface area contributed by atoms with Crippen LogP contribution in [0.5, 0.6) is 11.5 Å². The minimum absolute atomic E-state index is 0.280. The van der Waals surface area contributed by atoms with Gasteiger partial charge < -0.3 is 19.9 Å². The van der Waals surface area contributed by atoms with Gasteiger partial charge in [0.15, 0.2) is 0 Å². The predicted molar refractivity (Wildman–Crippen MR) is 79.3 cm³/mol. The second-order valence-corrected chi connectivity index (χ2v) is 5.03. The van der Waals surface area contributed by atoms with Crippen LogP contribution in [0.3, 0.4) is 0 Å². The normalized spacial score (nSPS) is 19.6. The van der Waals surface area contributed by atoms with Crippen LogP contribution in [-0.4, -0.2) is 37.5 Å². The molecule has 20 heavy (non-hydrogen) atoms. The molecule has 0 aromatic heterocycles. The molecular weight excluding hydrogens is 254 g/mol. The number of allylic oxidation sites excluding steroid dienone is 1. The molecule has 0 fully saturated rings. The molecule has 0 saturated heterocycles. The first kappa shape index (κ1) is 14.9. The molecule has 0 heterocycles. The number of hydrogen-bond acceptors (Lipinski definition) is 4. The van der Waals surface area contributed by atoms with Crippen LogP contribution in [0.4, 0.5) is 0 Å². The van der Waals surface area contributed by atoms with Crippen molar-refractivity contribution in [3.8, 4) is 11.5 Å². The Bertz CT molecular complexity index is 433. The van der Waals surface area contributed by atoms with Crippen molar-refractivity contribution < 1.29 is 14.6 Å². The maximum atomic E-state index is 9.93. The van der Waals surface area contributed by atoms with Crippen molar-refractivity contribution in [2.24, 2.45) is 0 Å². The summed E-state index contributed by atoms with van der Waals surface area (Å²) in [5.41, 5.74) is 0. The van der Waals surface area contributed by atoms with Gasteiger partial charge in [-0.1, -0.05) is 18.2 Å². The Morgan fingerprint density at radius 1 is 1.35 bits per heavy atom.